The molecule has 3 aromatic rings. The Hall–Kier alpha value is -2.61. The molecule has 0 atom stereocenters. The lowest BCUT2D eigenvalue weighted by Crippen LogP contribution is -2.44. The first-order valence-corrected chi connectivity index (χ1v) is 10.6. The van der Waals surface area contributed by atoms with Crippen molar-refractivity contribution >= 4 is 40.4 Å². The van der Waals surface area contributed by atoms with Crippen LogP contribution in [0.15, 0.2) is 59.1 Å². The monoisotopic (exact) mass is 441 g/mol. The van der Waals surface area contributed by atoms with Crippen molar-refractivity contribution in [3.8, 4) is 11.3 Å². The summed E-state index contributed by atoms with van der Waals surface area (Å²) in [5.74, 6) is 2.59. The van der Waals surface area contributed by atoms with E-state index in [4.69, 9.17) is 28.2 Å². The molecular weight excluding hydrogens is 418 g/mol. The van der Waals surface area contributed by atoms with Gasteiger partial charge >= 0.3 is 0 Å². The zero-order valence-corrected chi connectivity index (χ0v) is 18.3. The van der Waals surface area contributed by atoms with Crippen molar-refractivity contribution in [2.75, 3.05) is 43.4 Å². The van der Waals surface area contributed by atoms with Crippen LogP contribution in [0.4, 0.5) is 11.5 Å². The molecular formula is C22H24ClN5OS. The molecule has 1 fully saturated rings. The predicted molar refractivity (Wildman–Crippen MR) is 126 cm³/mol. The Bertz CT molecular complexity index is 982. The first-order chi connectivity index (χ1) is 14.6. The van der Waals surface area contributed by atoms with Gasteiger partial charge in [0.05, 0.1) is 18.4 Å². The summed E-state index contributed by atoms with van der Waals surface area (Å²) in [6.45, 7) is 4.60. The first-order valence-electron chi connectivity index (χ1n) is 9.86. The van der Waals surface area contributed by atoms with Crippen LogP contribution in [-0.4, -0.2) is 48.2 Å². The smallest absolute Gasteiger partial charge is 0.171 e. The van der Waals surface area contributed by atoms with Crippen LogP contribution in [0.3, 0.4) is 0 Å². The third-order valence-corrected chi connectivity index (χ3v) is 5.54. The molecule has 8 heteroatoms. The third kappa shape index (κ3) is 5.30. The fraction of sp³-hybridized carbons (Fsp3) is 0.273. The lowest BCUT2D eigenvalue weighted by atomic mass is 10.2. The number of hydrogen-bond donors (Lipinski definition) is 2. The Morgan fingerprint density at radius 3 is 2.53 bits per heavy atom. The van der Waals surface area contributed by atoms with Crippen molar-refractivity contribution in [1.82, 2.24) is 15.2 Å². The number of aromatic nitrogens is 1. The van der Waals surface area contributed by atoms with Crippen LogP contribution < -0.4 is 15.5 Å². The number of pyridine rings is 1. The summed E-state index contributed by atoms with van der Waals surface area (Å²) in [7, 11) is 2.15. The molecule has 3 heterocycles. The van der Waals surface area contributed by atoms with Crippen molar-refractivity contribution in [3.63, 3.8) is 0 Å². The minimum Gasteiger partial charge on any atom is -0.459 e. The van der Waals surface area contributed by atoms with Gasteiger partial charge in [0.15, 0.2) is 5.11 Å². The molecule has 2 N–H and O–H groups in total. The number of thiocarbonyl (C=S) groups is 1. The molecule has 0 amide bonds. The summed E-state index contributed by atoms with van der Waals surface area (Å²) < 4.78 is 5.89. The molecule has 156 valence electrons. The Morgan fingerprint density at radius 1 is 1.07 bits per heavy atom. The molecule has 2 aromatic heterocycles. The molecule has 0 unspecified atom stereocenters. The zero-order chi connectivity index (χ0) is 20.9. The highest BCUT2D eigenvalue weighted by Gasteiger charge is 2.15. The molecule has 1 aromatic carbocycles. The van der Waals surface area contributed by atoms with Gasteiger partial charge in [0.2, 0.25) is 0 Å². The fourth-order valence-electron chi connectivity index (χ4n) is 3.27. The summed E-state index contributed by atoms with van der Waals surface area (Å²) in [6, 6.07) is 15.5. The molecule has 1 aliphatic rings. The number of nitrogens with one attached hydrogen (secondary N) is 2. The first kappa shape index (κ1) is 20.7. The third-order valence-electron chi connectivity index (χ3n) is 5.05. The van der Waals surface area contributed by atoms with E-state index in [0.29, 0.717) is 16.7 Å². The average Bonchev–Trinajstić information content (AvgIpc) is 3.23. The number of benzene rings is 1. The number of halogens is 1. The molecule has 4 rings (SSSR count). The van der Waals surface area contributed by atoms with Crippen molar-refractivity contribution in [2.24, 2.45) is 0 Å². The van der Waals surface area contributed by atoms with E-state index in [0.717, 1.165) is 54.8 Å². The van der Waals surface area contributed by atoms with Crippen LogP contribution in [0, 0.1) is 0 Å². The van der Waals surface area contributed by atoms with Crippen LogP contribution in [-0.2, 0) is 6.54 Å². The van der Waals surface area contributed by atoms with E-state index in [9.17, 15) is 0 Å². The number of furan rings is 1. The number of piperazine rings is 1. The number of rotatable bonds is 5. The van der Waals surface area contributed by atoms with Gasteiger partial charge in [0.1, 0.15) is 17.3 Å². The second kappa shape index (κ2) is 9.47. The van der Waals surface area contributed by atoms with E-state index in [2.05, 4.69) is 32.5 Å². The summed E-state index contributed by atoms with van der Waals surface area (Å²) in [5.41, 5.74) is 1.84. The van der Waals surface area contributed by atoms with Crippen LogP contribution in [0.1, 0.15) is 5.76 Å². The van der Waals surface area contributed by atoms with E-state index < -0.39 is 0 Å². The highest BCUT2D eigenvalue weighted by molar-refractivity contribution is 7.80. The van der Waals surface area contributed by atoms with Gasteiger partial charge < -0.3 is 24.9 Å². The molecule has 30 heavy (non-hydrogen) atoms. The van der Waals surface area contributed by atoms with Crippen LogP contribution in [0.5, 0.6) is 0 Å². The van der Waals surface area contributed by atoms with Crippen LogP contribution in [0.25, 0.3) is 11.3 Å². The van der Waals surface area contributed by atoms with Crippen molar-refractivity contribution in [1.29, 1.82) is 0 Å². The molecule has 0 saturated carbocycles. The molecule has 0 spiro atoms. The second-order valence-electron chi connectivity index (χ2n) is 7.28. The largest absolute Gasteiger partial charge is 0.459 e. The number of likely N-dealkylation sites (N-methyl/N-ethyl adjacent to an activating group) is 1. The lowest BCUT2D eigenvalue weighted by molar-refractivity contribution is 0.312. The van der Waals surface area contributed by atoms with Gasteiger partial charge in [-0.3, -0.25) is 0 Å². The summed E-state index contributed by atoms with van der Waals surface area (Å²) in [6.07, 6.45) is 1.81. The van der Waals surface area contributed by atoms with E-state index in [-0.39, 0.29) is 0 Å². The van der Waals surface area contributed by atoms with Crippen molar-refractivity contribution < 1.29 is 4.42 Å². The Morgan fingerprint density at radius 2 is 1.83 bits per heavy atom. The summed E-state index contributed by atoms with van der Waals surface area (Å²) in [5, 5.41) is 7.56. The molecule has 1 saturated heterocycles. The Kier molecular flexibility index (Phi) is 6.52. The molecule has 6 nitrogen and oxygen atoms in total. The van der Waals surface area contributed by atoms with Crippen LogP contribution >= 0.6 is 23.8 Å². The minimum atomic E-state index is 0.492. The standard InChI is InChI=1S/C22H24ClN5OS/c1-27-10-12-28(13-11-27)21-9-6-18(14-24-21)26-22(30)25-15-19-7-8-20(29-19)16-2-4-17(23)5-3-16/h2-9,14H,10-13,15H2,1H3,(H2,25,26,30). The Labute approximate surface area is 186 Å². The zero-order valence-electron chi connectivity index (χ0n) is 16.8. The maximum atomic E-state index is 5.94. The van der Waals surface area contributed by atoms with Gasteiger partial charge in [0.25, 0.3) is 0 Å². The van der Waals surface area contributed by atoms with Crippen LogP contribution in [0.2, 0.25) is 5.02 Å². The average molecular weight is 442 g/mol. The van der Waals surface area contributed by atoms with Gasteiger partial charge in [-0.05, 0) is 67.8 Å². The maximum Gasteiger partial charge on any atom is 0.171 e. The minimum absolute atomic E-state index is 0.492. The normalized spacial score (nSPS) is 14.5. The number of hydrogen-bond acceptors (Lipinski definition) is 5. The summed E-state index contributed by atoms with van der Waals surface area (Å²) in [4.78, 5) is 9.20. The topological polar surface area (TPSA) is 56.6 Å². The SMILES string of the molecule is CN1CCN(c2ccc(NC(=S)NCc3ccc(-c4ccc(Cl)cc4)o3)cn2)CC1. The summed E-state index contributed by atoms with van der Waals surface area (Å²) >= 11 is 11.3. The van der Waals surface area contributed by atoms with Gasteiger partial charge in [0, 0.05) is 36.8 Å². The van der Waals surface area contributed by atoms with Gasteiger partial charge in [-0.1, -0.05) is 11.6 Å². The van der Waals surface area contributed by atoms with Gasteiger partial charge in [-0.2, -0.15) is 0 Å². The Balaban J connectivity index is 1.27. The highest BCUT2D eigenvalue weighted by atomic mass is 35.5. The molecule has 0 aliphatic carbocycles. The fourth-order valence-corrected chi connectivity index (χ4v) is 3.58. The number of nitrogens with zero attached hydrogens (tertiary/aromatic N) is 3. The van der Waals surface area contributed by atoms with E-state index in [1.54, 1.807) is 0 Å². The van der Waals surface area contributed by atoms with E-state index in [1.807, 2.05) is 54.7 Å². The van der Waals surface area contributed by atoms with Gasteiger partial charge in [-0.25, -0.2) is 4.98 Å². The van der Waals surface area contributed by atoms with E-state index >= 15 is 0 Å². The lowest BCUT2D eigenvalue weighted by Gasteiger charge is -2.33. The van der Waals surface area contributed by atoms with E-state index in [1.165, 1.54) is 0 Å². The molecule has 1 aliphatic heterocycles. The van der Waals surface area contributed by atoms with Crippen molar-refractivity contribution in [2.45, 2.75) is 6.54 Å². The van der Waals surface area contributed by atoms with Gasteiger partial charge in [-0.15, -0.1) is 0 Å². The van der Waals surface area contributed by atoms with Crippen molar-refractivity contribution in [3.05, 3.63) is 65.5 Å². The second-order valence-corrected chi connectivity index (χ2v) is 8.12. The quantitative estimate of drug-likeness (QED) is 0.574. The molecule has 0 bridgehead atoms. The predicted octanol–water partition coefficient (Wildman–Crippen LogP) is 4.23. The highest BCUT2D eigenvalue weighted by Crippen LogP contribution is 2.24. The maximum absolute atomic E-state index is 5.94. The molecule has 0 radical (unpaired) electrons. The number of anilines is 2.